The van der Waals surface area contributed by atoms with Crippen molar-refractivity contribution in [1.82, 2.24) is 0 Å². The van der Waals surface area contributed by atoms with Gasteiger partial charge in [-0.15, -0.1) is 0 Å². The SMILES string of the molecule is CC(C)[Si](O[C@H](c1ccc2c(c1)OCO2)[C@@H](CO)CO[Si](C)(C)C(C)(C)C)(C(C)C)C(C)C. The van der Waals surface area contributed by atoms with Gasteiger partial charge in [0.2, 0.25) is 15.1 Å². The maximum Gasteiger partial charge on any atom is 0.231 e. The topological polar surface area (TPSA) is 57.2 Å². The first-order valence-corrected chi connectivity index (χ1v) is 17.5. The van der Waals surface area contributed by atoms with Gasteiger partial charge in [0.1, 0.15) is 0 Å². The molecule has 0 amide bonds. The lowest BCUT2D eigenvalue weighted by atomic mass is 9.97. The smallest absolute Gasteiger partial charge is 0.231 e. The van der Waals surface area contributed by atoms with Gasteiger partial charge in [-0.2, -0.15) is 0 Å². The number of ether oxygens (including phenoxy) is 2. The fraction of sp³-hybridized carbons (Fsp3) is 0.769. The Labute approximate surface area is 204 Å². The second-order valence-corrected chi connectivity index (χ2v) is 22.2. The molecule has 1 aromatic rings. The number of hydrogen-bond acceptors (Lipinski definition) is 5. The predicted molar refractivity (Wildman–Crippen MR) is 141 cm³/mol. The van der Waals surface area contributed by atoms with Crippen LogP contribution in [0.4, 0.5) is 0 Å². The molecule has 0 bridgehead atoms. The maximum absolute atomic E-state index is 10.6. The van der Waals surface area contributed by atoms with Crippen LogP contribution in [0.25, 0.3) is 0 Å². The summed E-state index contributed by atoms with van der Waals surface area (Å²) in [6.45, 7) is 25.7. The number of fused-ring (bicyclic) bond motifs is 1. The summed E-state index contributed by atoms with van der Waals surface area (Å²) >= 11 is 0. The summed E-state index contributed by atoms with van der Waals surface area (Å²) in [6, 6.07) is 6.05. The molecule has 0 radical (unpaired) electrons. The molecule has 0 aromatic heterocycles. The van der Waals surface area contributed by atoms with E-state index in [4.69, 9.17) is 18.3 Å². The van der Waals surface area contributed by atoms with Gasteiger partial charge in [-0.05, 0) is 52.5 Å². The van der Waals surface area contributed by atoms with Gasteiger partial charge >= 0.3 is 0 Å². The highest BCUT2D eigenvalue weighted by atomic mass is 28.4. The van der Waals surface area contributed by atoms with Crippen molar-refractivity contribution >= 4 is 16.6 Å². The predicted octanol–water partition coefficient (Wildman–Crippen LogP) is 7.28. The van der Waals surface area contributed by atoms with Gasteiger partial charge in [0, 0.05) is 12.5 Å². The number of benzene rings is 1. The van der Waals surface area contributed by atoms with Crippen molar-refractivity contribution in [3.05, 3.63) is 23.8 Å². The molecule has 1 heterocycles. The molecule has 2 atom stereocenters. The van der Waals surface area contributed by atoms with Crippen LogP contribution in [0, 0.1) is 5.92 Å². The Morgan fingerprint density at radius 3 is 1.97 bits per heavy atom. The minimum absolute atomic E-state index is 0.00645. The molecule has 2 rings (SSSR count). The third kappa shape index (κ3) is 6.04. The van der Waals surface area contributed by atoms with Crippen LogP contribution in [0.1, 0.15) is 74.0 Å². The highest BCUT2D eigenvalue weighted by Gasteiger charge is 2.48. The number of aliphatic hydroxyl groups is 1. The number of rotatable bonds is 11. The molecule has 33 heavy (non-hydrogen) atoms. The second-order valence-electron chi connectivity index (χ2n) is 12.0. The third-order valence-corrected chi connectivity index (χ3v) is 18.5. The fourth-order valence-corrected chi connectivity index (χ4v) is 11.6. The van der Waals surface area contributed by atoms with Gasteiger partial charge in [0.05, 0.1) is 12.7 Å². The quantitative estimate of drug-likeness (QED) is 0.326. The molecule has 1 aromatic carbocycles. The van der Waals surface area contributed by atoms with Crippen LogP contribution in [0.15, 0.2) is 18.2 Å². The van der Waals surface area contributed by atoms with Crippen LogP contribution in [0.2, 0.25) is 34.8 Å². The summed E-state index contributed by atoms with van der Waals surface area (Å²) < 4.78 is 25.1. The Balaban J connectivity index is 2.49. The molecule has 1 aliphatic rings. The number of aliphatic hydroxyl groups excluding tert-OH is 1. The lowest BCUT2D eigenvalue weighted by Crippen LogP contribution is -2.50. The second kappa shape index (κ2) is 10.8. The summed E-state index contributed by atoms with van der Waals surface area (Å²) in [5, 5.41) is 10.7. The Hall–Kier alpha value is -0.866. The first-order chi connectivity index (χ1) is 15.2. The summed E-state index contributed by atoms with van der Waals surface area (Å²) in [4.78, 5) is 0. The first-order valence-electron chi connectivity index (χ1n) is 12.5. The maximum atomic E-state index is 10.6. The van der Waals surface area contributed by atoms with Gasteiger partial charge < -0.3 is 23.4 Å². The number of hydrogen-bond donors (Lipinski definition) is 1. The molecule has 0 spiro atoms. The van der Waals surface area contributed by atoms with Crippen molar-refractivity contribution in [3.63, 3.8) is 0 Å². The van der Waals surface area contributed by atoms with Crippen LogP contribution < -0.4 is 9.47 Å². The molecular formula is C26H48O5Si2. The van der Waals surface area contributed by atoms with E-state index in [1.165, 1.54) is 0 Å². The van der Waals surface area contributed by atoms with Crippen molar-refractivity contribution in [2.45, 2.75) is 103 Å². The average molecular weight is 497 g/mol. The third-order valence-electron chi connectivity index (χ3n) is 7.89. The van der Waals surface area contributed by atoms with Gasteiger partial charge in [0.15, 0.2) is 19.8 Å². The molecule has 1 aliphatic heterocycles. The lowest BCUT2D eigenvalue weighted by molar-refractivity contribution is 0.0385. The van der Waals surface area contributed by atoms with Gasteiger partial charge in [-0.3, -0.25) is 0 Å². The van der Waals surface area contributed by atoms with E-state index in [2.05, 4.69) is 81.5 Å². The van der Waals surface area contributed by atoms with Gasteiger partial charge in [-0.1, -0.05) is 68.4 Å². The van der Waals surface area contributed by atoms with Crippen LogP contribution in [-0.2, 0) is 8.85 Å². The Morgan fingerprint density at radius 2 is 1.48 bits per heavy atom. The van der Waals surface area contributed by atoms with Crippen molar-refractivity contribution in [2.24, 2.45) is 5.92 Å². The van der Waals surface area contributed by atoms with E-state index in [1.54, 1.807) is 0 Å². The van der Waals surface area contributed by atoms with E-state index >= 15 is 0 Å². The zero-order valence-electron chi connectivity index (χ0n) is 22.8. The zero-order valence-corrected chi connectivity index (χ0v) is 24.8. The standard InChI is InChI=1S/C26H48O5Si2/c1-18(2)33(19(3)4,20(5)6)31-25(21-12-13-23-24(14-21)29-17-28-23)22(15-27)16-30-32(10,11)26(7,8)9/h12-14,18-20,22,25,27H,15-17H2,1-11H3/t22-,25+/m0/s1. The fourth-order valence-electron chi connectivity index (χ4n) is 4.92. The van der Waals surface area contributed by atoms with Crippen LogP contribution in [0.3, 0.4) is 0 Å². The highest BCUT2D eigenvalue weighted by molar-refractivity contribution is 6.77. The van der Waals surface area contributed by atoms with Gasteiger partial charge in [0.25, 0.3) is 0 Å². The van der Waals surface area contributed by atoms with E-state index in [1.807, 2.05) is 12.1 Å². The van der Waals surface area contributed by atoms with E-state index in [-0.39, 0.29) is 30.5 Å². The monoisotopic (exact) mass is 496 g/mol. The van der Waals surface area contributed by atoms with Gasteiger partial charge in [-0.25, -0.2) is 0 Å². The molecule has 1 N–H and O–H groups in total. The molecule has 5 nitrogen and oxygen atoms in total. The first kappa shape index (κ1) is 28.4. The zero-order chi connectivity index (χ0) is 25.2. The molecule has 0 aliphatic carbocycles. The molecule has 0 saturated carbocycles. The van der Waals surface area contributed by atoms with Crippen molar-refractivity contribution in [1.29, 1.82) is 0 Å². The van der Waals surface area contributed by atoms with E-state index in [9.17, 15) is 5.11 Å². The summed E-state index contributed by atoms with van der Waals surface area (Å²) in [6.07, 6.45) is -0.270. The lowest BCUT2D eigenvalue weighted by Gasteiger charge is -2.46. The molecule has 190 valence electrons. The van der Waals surface area contributed by atoms with E-state index in [0.29, 0.717) is 23.2 Å². The van der Waals surface area contributed by atoms with Crippen LogP contribution >= 0.6 is 0 Å². The summed E-state index contributed by atoms with van der Waals surface area (Å²) in [7, 11) is -4.19. The van der Waals surface area contributed by atoms with Crippen molar-refractivity contribution in [2.75, 3.05) is 20.0 Å². The average Bonchev–Trinajstić information content (AvgIpc) is 3.16. The minimum atomic E-state index is -2.22. The highest BCUT2D eigenvalue weighted by Crippen LogP contribution is 2.48. The largest absolute Gasteiger partial charge is 0.454 e. The van der Waals surface area contributed by atoms with Crippen molar-refractivity contribution in [3.8, 4) is 11.5 Å². The molecule has 0 saturated heterocycles. The van der Waals surface area contributed by atoms with Crippen LogP contribution in [0.5, 0.6) is 11.5 Å². The Bertz CT molecular complexity index is 749. The Kier molecular flexibility index (Phi) is 9.30. The van der Waals surface area contributed by atoms with E-state index < -0.39 is 16.6 Å². The Morgan fingerprint density at radius 1 is 0.939 bits per heavy atom. The summed E-state index contributed by atoms with van der Waals surface area (Å²) in [5.74, 6) is 1.34. The van der Waals surface area contributed by atoms with Crippen LogP contribution in [-0.4, -0.2) is 41.7 Å². The summed E-state index contributed by atoms with van der Waals surface area (Å²) in [5.41, 5.74) is 2.34. The molecular weight excluding hydrogens is 448 g/mol. The molecule has 7 heteroatoms. The normalized spacial score (nSPS) is 16.7. The molecule has 0 unspecified atom stereocenters. The molecule has 0 fully saturated rings. The van der Waals surface area contributed by atoms with E-state index in [0.717, 1.165) is 17.1 Å². The van der Waals surface area contributed by atoms with Crippen molar-refractivity contribution < 1.29 is 23.4 Å². The minimum Gasteiger partial charge on any atom is -0.454 e.